The predicted molar refractivity (Wildman–Crippen MR) is 117 cm³/mol. The summed E-state index contributed by atoms with van der Waals surface area (Å²) in [5.41, 5.74) is 1.33. The summed E-state index contributed by atoms with van der Waals surface area (Å²) in [6.07, 6.45) is 0.613. The Morgan fingerprint density at radius 3 is 2.63 bits per heavy atom. The first-order chi connectivity index (χ1) is 14.2. The molecule has 0 saturated carbocycles. The van der Waals surface area contributed by atoms with E-state index in [1.54, 1.807) is 25.9 Å². The van der Waals surface area contributed by atoms with Crippen molar-refractivity contribution in [2.24, 2.45) is 0 Å². The molecule has 8 heteroatoms. The molecule has 1 fully saturated rings. The monoisotopic (exact) mass is 446 g/mol. The molecular formula is C22H23FN2O3S2. The number of amides is 1. The summed E-state index contributed by atoms with van der Waals surface area (Å²) in [4.78, 5) is 15.0. The van der Waals surface area contributed by atoms with Crippen LogP contribution in [0.3, 0.4) is 0 Å². The number of fused-ring (bicyclic) bond motifs is 1. The molecule has 1 aromatic heterocycles. The molecule has 3 aromatic rings. The molecule has 1 atom stereocenters. The Morgan fingerprint density at radius 2 is 1.93 bits per heavy atom. The lowest BCUT2D eigenvalue weighted by atomic mass is 9.95. The van der Waals surface area contributed by atoms with E-state index in [-0.39, 0.29) is 23.3 Å². The zero-order chi connectivity index (χ0) is 21.6. The Hall–Kier alpha value is -2.29. The van der Waals surface area contributed by atoms with E-state index >= 15 is 0 Å². The smallest absolute Gasteiger partial charge is 0.263 e. The number of halogens is 1. The van der Waals surface area contributed by atoms with Gasteiger partial charge in [0.15, 0.2) is 0 Å². The first-order valence-corrected chi connectivity index (χ1v) is 11.9. The maximum absolute atomic E-state index is 14.0. The molecule has 0 aliphatic carbocycles. The van der Waals surface area contributed by atoms with Crippen LogP contribution in [-0.2, 0) is 10.0 Å². The lowest BCUT2D eigenvalue weighted by Gasteiger charge is -2.18. The maximum atomic E-state index is 14.0. The summed E-state index contributed by atoms with van der Waals surface area (Å²) in [5.74, 6) is -0.701. The van der Waals surface area contributed by atoms with Crippen molar-refractivity contribution in [1.82, 2.24) is 9.21 Å². The number of hydrogen-bond donors (Lipinski definition) is 0. The summed E-state index contributed by atoms with van der Waals surface area (Å²) < 4.78 is 42.6. The molecular weight excluding hydrogens is 423 g/mol. The van der Waals surface area contributed by atoms with Crippen LogP contribution in [0.4, 0.5) is 4.39 Å². The van der Waals surface area contributed by atoms with Crippen molar-refractivity contribution in [3.05, 3.63) is 64.3 Å². The molecule has 1 saturated heterocycles. The number of sulfonamides is 1. The second-order valence-electron chi connectivity index (χ2n) is 7.80. The Morgan fingerprint density at radius 1 is 1.20 bits per heavy atom. The van der Waals surface area contributed by atoms with E-state index in [4.69, 9.17) is 0 Å². The molecule has 5 nitrogen and oxygen atoms in total. The molecule has 1 aliphatic heterocycles. The molecule has 2 heterocycles. The molecule has 0 spiro atoms. The highest BCUT2D eigenvalue weighted by molar-refractivity contribution is 7.89. The average Bonchev–Trinajstić information content (AvgIpc) is 3.34. The van der Waals surface area contributed by atoms with Gasteiger partial charge in [-0.1, -0.05) is 24.3 Å². The second kappa shape index (κ2) is 7.76. The number of aryl methyl sites for hydroxylation is 1. The third-order valence-corrected chi connectivity index (χ3v) is 8.61. The SMILES string of the molecule is Cc1ccc(S(=O)(=O)N2CC[C@H](c3c(C(=O)N(C)C)sc4ccccc34)C2)cc1F. The van der Waals surface area contributed by atoms with E-state index < -0.39 is 15.8 Å². The number of benzene rings is 2. The molecule has 1 aliphatic rings. The third-order valence-electron chi connectivity index (χ3n) is 5.57. The molecule has 0 unspecified atom stereocenters. The van der Waals surface area contributed by atoms with E-state index in [0.29, 0.717) is 23.4 Å². The van der Waals surface area contributed by atoms with Gasteiger partial charge in [-0.25, -0.2) is 12.8 Å². The highest BCUT2D eigenvalue weighted by Crippen LogP contribution is 2.41. The molecule has 158 valence electrons. The van der Waals surface area contributed by atoms with E-state index in [1.165, 1.54) is 27.8 Å². The van der Waals surface area contributed by atoms with Gasteiger partial charge in [0, 0.05) is 37.8 Å². The van der Waals surface area contributed by atoms with Gasteiger partial charge in [-0.3, -0.25) is 4.79 Å². The van der Waals surface area contributed by atoms with Gasteiger partial charge in [0.2, 0.25) is 10.0 Å². The predicted octanol–water partition coefficient (Wildman–Crippen LogP) is 4.23. The van der Waals surface area contributed by atoms with Gasteiger partial charge >= 0.3 is 0 Å². The van der Waals surface area contributed by atoms with Crippen molar-refractivity contribution < 1.29 is 17.6 Å². The molecule has 0 radical (unpaired) electrons. The number of nitrogens with zero attached hydrogens (tertiary/aromatic N) is 2. The first-order valence-electron chi connectivity index (χ1n) is 9.69. The minimum atomic E-state index is -3.80. The van der Waals surface area contributed by atoms with Crippen LogP contribution in [0.5, 0.6) is 0 Å². The normalized spacial score (nSPS) is 17.5. The third kappa shape index (κ3) is 3.53. The number of rotatable bonds is 4. The van der Waals surface area contributed by atoms with Crippen LogP contribution >= 0.6 is 11.3 Å². The lowest BCUT2D eigenvalue weighted by molar-refractivity contribution is 0.0831. The standard InChI is InChI=1S/C22H23FN2O3S2/c1-14-8-9-16(12-18(14)23)30(27,28)25-11-10-15(13-25)20-17-6-4-5-7-19(17)29-21(20)22(26)24(2)3/h4-9,12,15H,10-11,13H2,1-3H3/t15-/m0/s1. The van der Waals surface area contributed by atoms with Crippen LogP contribution in [0.2, 0.25) is 0 Å². The summed E-state index contributed by atoms with van der Waals surface area (Å²) in [6, 6.07) is 11.8. The van der Waals surface area contributed by atoms with E-state index in [0.717, 1.165) is 21.7 Å². The van der Waals surface area contributed by atoms with Gasteiger partial charge in [-0.05, 0) is 48.1 Å². The minimum absolute atomic E-state index is 0.0361. The van der Waals surface area contributed by atoms with Crippen LogP contribution in [0.1, 0.15) is 33.1 Å². The Bertz CT molecular complexity index is 1230. The number of thiophene rings is 1. The zero-order valence-electron chi connectivity index (χ0n) is 17.1. The molecule has 30 heavy (non-hydrogen) atoms. The molecule has 2 aromatic carbocycles. The Kier molecular flexibility index (Phi) is 5.42. The summed E-state index contributed by atoms with van der Waals surface area (Å²) in [5, 5.41) is 0.998. The van der Waals surface area contributed by atoms with Crippen LogP contribution in [0.15, 0.2) is 47.4 Å². The van der Waals surface area contributed by atoms with Gasteiger partial charge in [-0.15, -0.1) is 11.3 Å². The number of carbonyl (C=O) groups excluding carboxylic acids is 1. The van der Waals surface area contributed by atoms with Gasteiger partial charge in [0.05, 0.1) is 9.77 Å². The molecule has 0 bridgehead atoms. The summed E-state index contributed by atoms with van der Waals surface area (Å²) in [6.45, 7) is 2.21. The Balaban J connectivity index is 1.71. The van der Waals surface area contributed by atoms with Gasteiger partial charge in [-0.2, -0.15) is 4.31 Å². The topological polar surface area (TPSA) is 57.7 Å². The maximum Gasteiger partial charge on any atom is 0.263 e. The largest absolute Gasteiger partial charge is 0.344 e. The van der Waals surface area contributed by atoms with Crippen molar-refractivity contribution in [2.75, 3.05) is 27.2 Å². The summed E-state index contributed by atoms with van der Waals surface area (Å²) in [7, 11) is -0.371. The van der Waals surface area contributed by atoms with Crippen molar-refractivity contribution in [1.29, 1.82) is 0 Å². The van der Waals surface area contributed by atoms with Crippen molar-refractivity contribution in [3.63, 3.8) is 0 Å². The van der Waals surface area contributed by atoms with Crippen LogP contribution < -0.4 is 0 Å². The fraction of sp³-hybridized carbons (Fsp3) is 0.318. The highest BCUT2D eigenvalue weighted by Gasteiger charge is 2.36. The van der Waals surface area contributed by atoms with Crippen molar-refractivity contribution in [3.8, 4) is 0 Å². The average molecular weight is 447 g/mol. The van der Waals surface area contributed by atoms with Crippen molar-refractivity contribution in [2.45, 2.75) is 24.2 Å². The van der Waals surface area contributed by atoms with Gasteiger partial charge in [0.1, 0.15) is 5.82 Å². The van der Waals surface area contributed by atoms with Gasteiger partial charge in [0.25, 0.3) is 5.91 Å². The zero-order valence-corrected chi connectivity index (χ0v) is 18.7. The second-order valence-corrected chi connectivity index (χ2v) is 10.8. The van der Waals surface area contributed by atoms with E-state index in [1.807, 2.05) is 24.3 Å². The highest BCUT2D eigenvalue weighted by atomic mass is 32.2. The minimum Gasteiger partial charge on any atom is -0.344 e. The van der Waals surface area contributed by atoms with Gasteiger partial charge < -0.3 is 4.90 Å². The molecule has 4 rings (SSSR count). The van der Waals surface area contributed by atoms with Crippen LogP contribution in [0.25, 0.3) is 10.1 Å². The van der Waals surface area contributed by atoms with E-state index in [2.05, 4.69) is 0 Å². The fourth-order valence-electron chi connectivity index (χ4n) is 3.90. The fourth-order valence-corrected chi connectivity index (χ4v) is 6.72. The molecule has 0 N–H and O–H groups in total. The number of hydrogen-bond acceptors (Lipinski definition) is 4. The van der Waals surface area contributed by atoms with Crippen LogP contribution in [-0.4, -0.2) is 50.7 Å². The number of carbonyl (C=O) groups is 1. The first kappa shape index (κ1) is 21.0. The Labute approximate surface area is 179 Å². The molecule has 1 amide bonds. The van der Waals surface area contributed by atoms with Crippen LogP contribution in [0, 0.1) is 12.7 Å². The van der Waals surface area contributed by atoms with Crippen molar-refractivity contribution >= 4 is 37.4 Å². The van der Waals surface area contributed by atoms with E-state index in [9.17, 15) is 17.6 Å². The lowest BCUT2D eigenvalue weighted by Crippen LogP contribution is -2.29. The quantitative estimate of drug-likeness (QED) is 0.603. The summed E-state index contributed by atoms with van der Waals surface area (Å²) >= 11 is 1.45.